The molecule has 1 aliphatic carbocycles. The number of hydrogen-bond acceptors (Lipinski definition) is 5. The highest BCUT2D eigenvalue weighted by Crippen LogP contribution is 2.20. The Labute approximate surface area is 142 Å². The highest BCUT2D eigenvalue weighted by atomic mass is 16.5. The number of hydrogen-bond donors (Lipinski definition) is 1. The lowest BCUT2D eigenvalue weighted by Crippen LogP contribution is -2.22. The van der Waals surface area contributed by atoms with E-state index in [1.165, 1.54) is 19.3 Å². The van der Waals surface area contributed by atoms with Gasteiger partial charge >= 0.3 is 11.9 Å². The van der Waals surface area contributed by atoms with Crippen LogP contribution < -0.4 is 0 Å². The molecule has 1 saturated carbocycles. The number of nitrogens with zero attached hydrogens (tertiary/aromatic N) is 2. The van der Waals surface area contributed by atoms with Crippen molar-refractivity contribution in [2.24, 2.45) is 7.05 Å². The maximum Gasteiger partial charge on any atom is 0.334 e. The fourth-order valence-corrected chi connectivity index (χ4v) is 2.83. The fraction of sp³-hybridized carbons (Fsp3) is 0.706. The van der Waals surface area contributed by atoms with Crippen LogP contribution in [0.1, 0.15) is 57.2 Å². The Bertz CT molecular complexity index is 541. The van der Waals surface area contributed by atoms with Crippen molar-refractivity contribution in [2.45, 2.75) is 63.9 Å². The van der Waals surface area contributed by atoms with Crippen molar-refractivity contribution < 1.29 is 19.1 Å². The van der Waals surface area contributed by atoms with E-state index in [0.717, 1.165) is 31.5 Å². The van der Waals surface area contributed by atoms with Crippen molar-refractivity contribution in [1.29, 1.82) is 0 Å². The largest absolute Gasteiger partial charge is 0.462 e. The quantitative estimate of drug-likeness (QED) is 0.610. The Morgan fingerprint density at radius 2 is 1.88 bits per heavy atom. The SMILES string of the molecule is C=C(CC(=O)OC1CCCCCCC1)C(=O)OCCc1nn(C)[nH]1. The molecule has 1 heterocycles. The molecule has 0 unspecified atom stereocenters. The van der Waals surface area contributed by atoms with Gasteiger partial charge in [0.25, 0.3) is 0 Å². The number of aryl methyl sites for hydroxylation is 1. The molecule has 7 nitrogen and oxygen atoms in total. The summed E-state index contributed by atoms with van der Waals surface area (Å²) >= 11 is 0. The van der Waals surface area contributed by atoms with Gasteiger partial charge in [-0.25, -0.2) is 9.59 Å². The summed E-state index contributed by atoms with van der Waals surface area (Å²) in [6.45, 7) is 3.84. The van der Waals surface area contributed by atoms with E-state index in [1.807, 2.05) is 0 Å². The topological polar surface area (TPSA) is 86.2 Å². The molecule has 0 aliphatic heterocycles. The third-order valence-corrected chi connectivity index (χ3v) is 4.13. The minimum absolute atomic E-state index is 0.0266. The molecule has 0 aromatic carbocycles. The van der Waals surface area contributed by atoms with Crippen LogP contribution in [0.3, 0.4) is 0 Å². The van der Waals surface area contributed by atoms with Gasteiger partial charge in [0, 0.05) is 19.0 Å². The Morgan fingerprint density at radius 3 is 2.50 bits per heavy atom. The molecule has 0 bridgehead atoms. The molecular formula is C17H27N3O4. The van der Waals surface area contributed by atoms with Crippen LogP contribution in [0.15, 0.2) is 12.2 Å². The van der Waals surface area contributed by atoms with E-state index in [0.29, 0.717) is 6.42 Å². The summed E-state index contributed by atoms with van der Waals surface area (Å²) in [6, 6.07) is 0. The van der Waals surface area contributed by atoms with Crippen LogP contribution in [0.4, 0.5) is 0 Å². The molecule has 1 aliphatic rings. The number of ether oxygens (including phenoxy) is 2. The van der Waals surface area contributed by atoms with Crippen LogP contribution in [-0.2, 0) is 32.5 Å². The molecule has 1 aromatic heterocycles. The van der Waals surface area contributed by atoms with Gasteiger partial charge in [-0.3, -0.25) is 9.89 Å². The van der Waals surface area contributed by atoms with Crippen molar-refractivity contribution in [3.05, 3.63) is 18.0 Å². The van der Waals surface area contributed by atoms with Gasteiger partial charge in [-0.2, -0.15) is 0 Å². The number of rotatable bonds is 7. The van der Waals surface area contributed by atoms with Crippen molar-refractivity contribution in [1.82, 2.24) is 15.0 Å². The second kappa shape index (κ2) is 9.30. The maximum absolute atomic E-state index is 12.0. The molecule has 0 atom stereocenters. The molecule has 0 radical (unpaired) electrons. The van der Waals surface area contributed by atoms with Crippen molar-refractivity contribution in [3.8, 4) is 0 Å². The zero-order chi connectivity index (χ0) is 17.4. The number of aromatic amines is 1. The van der Waals surface area contributed by atoms with Gasteiger partial charge in [0.15, 0.2) is 0 Å². The first-order valence-electron chi connectivity index (χ1n) is 8.67. The van der Waals surface area contributed by atoms with Crippen LogP contribution >= 0.6 is 0 Å². The number of nitrogens with one attached hydrogen (secondary N) is 1. The molecule has 0 amide bonds. The Balaban J connectivity index is 1.64. The summed E-state index contributed by atoms with van der Waals surface area (Å²) in [5.74, 6) is -0.188. The van der Waals surface area contributed by atoms with Crippen LogP contribution in [-0.4, -0.2) is 39.6 Å². The first-order valence-corrected chi connectivity index (χ1v) is 8.67. The molecule has 0 saturated heterocycles. The van der Waals surface area contributed by atoms with Crippen LogP contribution in [0.25, 0.3) is 0 Å². The smallest absolute Gasteiger partial charge is 0.334 e. The normalized spacial score (nSPS) is 16.2. The first kappa shape index (κ1) is 18.3. The zero-order valence-corrected chi connectivity index (χ0v) is 14.4. The summed E-state index contributed by atoms with van der Waals surface area (Å²) in [5.41, 5.74) is 0.131. The van der Waals surface area contributed by atoms with E-state index >= 15 is 0 Å². The highest BCUT2D eigenvalue weighted by molar-refractivity contribution is 5.93. The maximum atomic E-state index is 12.0. The number of H-pyrrole nitrogens is 1. The van der Waals surface area contributed by atoms with E-state index in [1.54, 1.807) is 11.8 Å². The van der Waals surface area contributed by atoms with E-state index in [2.05, 4.69) is 16.8 Å². The Hall–Kier alpha value is -2.05. The van der Waals surface area contributed by atoms with Crippen molar-refractivity contribution >= 4 is 11.9 Å². The molecule has 134 valence electrons. The minimum Gasteiger partial charge on any atom is -0.462 e. The first-order chi connectivity index (χ1) is 11.5. The van der Waals surface area contributed by atoms with Crippen LogP contribution in [0, 0.1) is 0 Å². The summed E-state index contributed by atoms with van der Waals surface area (Å²) in [5, 5.41) is 6.97. The summed E-state index contributed by atoms with van der Waals surface area (Å²) in [7, 11) is 1.78. The highest BCUT2D eigenvalue weighted by Gasteiger charge is 2.19. The standard InChI is InChI=1S/C17H27N3O4/c1-13(17(22)23-11-10-15-18-20(2)19-15)12-16(21)24-14-8-6-4-3-5-7-9-14/h14H,1,3-12H2,2H3,(H,18,19). The summed E-state index contributed by atoms with van der Waals surface area (Å²) < 4.78 is 10.6. The Kier molecular flexibility index (Phi) is 7.08. The number of aromatic nitrogens is 3. The fourth-order valence-electron chi connectivity index (χ4n) is 2.83. The van der Waals surface area contributed by atoms with Crippen LogP contribution in [0.5, 0.6) is 0 Å². The molecule has 0 spiro atoms. The number of carbonyl (C=O) groups is 2. The summed E-state index contributed by atoms with van der Waals surface area (Å²) in [4.78, 5) is 25.4. The monoisotopic (exact) mass is 337 g/mol. The molecule has 1 aromatic rings. The summed E-state index contributed by atoms with van der Waals surface area (Å²) in [6.07, 6.45) is 8.03. The lowest BCUT2D eigenvalue weighted by Gasteiger charge is -2.20. The molecular weight excluding hydrogens is 310 g/mol. The second-order valence-corrected chi connectivity index (χ2v) is 6.31. The molecule has 7 heteroatoms. The van der Waals surface area contributed by atoms with E-state index in [9.17, 15) is 9.59 Å². The third-order valence-electron chi connectivity index (χ3n) is 4.13. The van der Waals surface area contributed by atoms with E-state index < -0.39 is 11.9 Å². The average Bonchev–Trinajstić information content (AvgIpc) is 2.47. The van der Waals surface area contributed by atoms with Gasteiger partial charge in [0.1, 0.15) is 11.9 Å². The molecule has 24 heavy (non-hydrogen) atoms. The minimum atomic E-state index is -0.558. The lowest BCUT2D eigenvalue weighted by atomic mass is 9.98. The molecule has 1 fully saturated rings. The van der Waals surface area contributed by atoms with Crippen molar-refractivity contribution in [2.75, 3.05) is 6.61 Å². The second-order valence-electron chi connectivity index (χ2n) is 6.31. The Morgan fingerprint density at radius 1 is 1.25 bits per heavy atom. The van der Waals surface area contributed by atoms with Gasteiger partial charge in [-0.05, 0) is 25.7 Å². The predicted octanol–water partition coefficient (Wildman–Crippen LogP) is 2.44. The van der Waals surface area contributed by atoms with E-state index in [4.69, 9.17) is 9.47 Å². The molecule has 1 N–H and O–H groups in total. The lowest BCUT2D eigenvalue weighted by molar-refractivity contribution is -0.151. The van der Waals surface area contributed by atoms with Crippen LogP contribution in [0.2, 0.25) is 0 Å². The van der Waals surface area contributed by atoms with Gasteiger partial charge in [0.2, 0.25) is 0 Å². The van der Waals surface area contributed by atoms with Gasteiger partial charge < -0.3 is 9.47 Å². The molecule has 2 rings (SSSR count). The number of carbonyl (C=O) groups excluding carboxylic acids is 2. The van der Waals surface area contributed by atoms with Gasteiger partial charge in [0.05, 0.1) is 13.0 Å². The zero-order valence-electron chi connectivity index (χ0n) is 14.4. The van der Waals surface area contributed by atoms with Crippen molar-refractivity contribution in [3.63, 3.8) is 0 Å². The van der Waals surface area contributed by atoms with Gasteiger partial charge in [-0.1, -0.05) is 25.8 Å². The third kappa shape index (κ3) is 6.22. The van der Waals surface area contributed by atoms with Gasteiger partial charge in [-0.15, -0.1) is 5.10 Å². The number of esters is 2. The van der Waals surface area contributed by atoms with E-state index in [-0.39, 0.29) is 24.7 Å². The average molecular weight is 337 g/mol. The predicted molar refractivity (Wildman–Crippen MR) is 88.2 cm³/mol.